The van der Waals surface area contributed by atoms with E-state index < -0.39 is 0 Å². The average molecular weight is 286 g/mol. The zero-order chi connectivity index (χ0) is 10.8. The summed E-state index contributed by atoms with van der Waals surface area (Å²) in [4.78, 5) is 8.49. The van der Waals surface area contributed by atoms with E-state index in [0.29, 0.717) is 5.16 Å². The highest BCUT2D eigenvalue weighted by Crippen LogP contribution is 2.23. The molecule has 2 aromatic rings. The van der Waals surface area contributed by atoms with Gasteiger partial charge in [-0.2, -0.15) is 0 Å². The molecule has 0 N–H and O–H groups in total. The Kier molecular flexibility index (Phi) is 3.01. The Hall–Kier alpha value is -0.950. The quantitative estimate of drug-likeness (QED) is 0.788. The molecule has 0 aliphatic rings. The minimum absolute atomic E-state index is 0.673. The molecule has 0 aliphatic heterocycles. The van der Waals surface area contributed by atoms with Crippen LogP contribution in [0.5, 0.6) is 0 Å². The smallest absolute Gasteiger partial charge is 0.198 e. The highest BCUT2D eigenvalue weighted by Gasteiger charge is 2.07. The third kappa shape index (κ3) is 2.35. The Morgan fingerprint density at radius 1 is 1.47 bits per heavy atom. The molecule has 2 aromatic heterocycles. The molecular formula is C8H8BrN5S. The van der Waals surface area contributed by atoms with Crippen LogP contribution in [0.15, 0.2) is 27.3 Å². The van der Waals surface area contributed by atoms with Gasteiger partial charge >= 0.3 is 0 Å². The molecular weight excluding hydrogens is 278 g/mol. The van der Waals surface area contributed by atoms with Gasteiger partial charge in [0.25, 0.3) is 0 Å². The summed E-state index contributed by atoms with van der Waals surface area (Å²) < 4.78 is 2.73. The molecule has 0 saturated heterocycles. The van der Waals surface area contributed by atoms with Crippen LogP contribution in [0.25, 0.3) is 0 Å². The van der Waals surface area contributed by atoms with Crippen molar-refractivity contribution in [2.75, 3.05) is 0 Å². The largest absolute Gasteiger partial charge is 0.311 e. The number of rotatable bonds is 2. The van der Waals surface area contributed by atoms with E-state index in [1.54, 1.807) is 12.5 Å². The number of hydrogen-bond donors (Lipinski definition) is 0. The van der Waals surface area contributed by atoms with Gasteiger partial charge in [-0.25, -0.2) is 9.97 Å². The van der Waals surface area contributed by atoms with E-state index in [9.17, 15) is 0 Å². The van der Waals surface area contributed by atoms with E-state index in [1.807, 2.05) is 18.5 Å². The maximum absolute atomic E-state index is 4.31. The molecule has 0 bridgehead atoms. The predicted octanol–water partition coefficient (Wildman–Crippen LogP) is 1.83. The molecule has 0 amide bonds. The highest BCUT2D eigenvalue weighted by atomic mass is 79.9. The maximum Gasteiger partial charge on any atom is 0.198 e. The Labute approximate surface area is 99.5 Å². The molecule has 15 heavy (non-hydrogen) atoms. The minimum Gasteiger partial charge on any atom is -0.311 e. The van der Waals surface area contributed by atoms with Crippen molar-refractivity contribution in [1.82, 2.24) is 24.7 Å². The summed E-state index contributed by atoms with van der Waals surface area (Å²) in [5, 5.41) is 9.18. The lowest BCUT2D eigenvalue weighted by Crippen LogP contribution is -1.93. The molecule has 0 aliphatic carbocycles. The van der Waals surface area contributed by atoms with Gasteiger partial charge in [-0.15, -0.1) is 10.2 Å². The van der Waals surface area contributed by atoms with Gasteiger partial charge in [-0.1, -0.05) is 0 Å². The minimum atomic E-state index is 0.673. The SMILES string of the molecule is Cc1nc(Sc2nncn2C)ncc1Br. The Morgan fingerprint density at radius 3 is 2.87 bits per heavy atom. The summed E-state index contributed by atoms with van der Waals surface area (Å²) >= 11 is 4.74. The van der Waals surface area contributed by atoms with Crippen LogP contribution in [0.3, 0.4) is 0 Å². The molecule has 0 unspecified atom stereocenters. The van der Waals surface area contributed by atoms with E-state index in [-0.39, 0.29) is 0 Å². The summed E-state index contributed by atoms with van der Waals surface area (Å²) in [6, 6.07) is 0. The fourth-order valence-corrected chi connectivity index (χ4v) is 1.85. The predicted molar refractivity (Wildman–Crippen MR) is 59.6 cm³/mol. The topological polar surface area (TPSA) is 56.5 Å². The lowest BCUT2D eigenvalue weighted by Gasteiger charge is -2.01. The lowest BCUT2D eigenvalue weighted by molar-refractivity contribution is 0.782. The van der Waals surface area contributed by atoms with Crippen molar-refractivity contribution in [2.45, 2.75) is 17.2 Å². The summed E-state index contributed by atoms with van der Waals surface area (Å²) in [6.07, 6.45) is 3.38. The Balaban J connectivity index is 2.25. The van der Waals surface area contributed by atoms with Crippen LogP contribution in [0, 0.1) is 6.92 Å². The van der Waals surface area contributed by atoms with E-state index >= 15 is 0 Å². The first-order valence-electron chi connectivity index (χ1n) is 4.18. The van der Waals surface area contributed by atoms with E-state index in [2.05, 4.69) is 36.1 Å². The molecule has 5 nitrogen and oxygen atoms in total. The fourth-order valence-electron chi connectivity index (χ4n) is 0.927. The first-order chi connectivity index (χ1) is 7.16. The second-order valence-electron chi connectivity index (χ2n) is 2.91. The molecule has 0 aromatic carbocycles. The van der Waals surface area contributed by atoms with Crippen LogP contribution in [0.4, 0.5) is 0 Å². The van der Waals surface area contributed by atoms with Crippen molar-refractivity contribution in [1.29, 1.82) is 0 Å². The fraction of sp³-hybridized carbons (Fsp3) is 0.250. The summed E-state index contributed by atoms with van der Waals surface area (Å²) in [5.41, 5.74) is 0.912. The molecule has 0 radical (unpaired) electrons. The molecule has 2 rings (SSSR count). The highest BCUT2D eigenvalue weighted by molar-refractivity contribution is 9.10. The van der Waals surface area contributed by atoms with Crippen molar-refractivity contribution in [3.8, 4) is 0 Å². The van der Waals surface area contributed by atoms with Crippen molar-refractivity contribution in [3.05, 3.63) is 22.7 Å². The summed E-state index contributed by atoms with van der Waals surface area (Å²) in [7, 11) is 1.88. The molecule has 0 spiro atoms. The maximum atomic E-state index is 4.31. The number of nitrogens with zero attached hydrogens (tertiary/aromatic N) is 5. The normalized spacial score (nSPS) is 10.6. The number of hydrogen-bond acceptors (Lipinski definition) is 5. The molecule has 0 saturated carbocycles. The average Bonchev–Trinajstić information content (AvgIpc) is 2.59. The van der Waals surface area contributed by atoms with Gasteiger partial charge < -0.3 is 4.57 Å². The third-order valence-corrected chi connectivity index (χ3v) is 3.46. The second kappa shape index (κ2) is 4.28. The van der Waals surface area contributed by atoms with Crippen molar-refractivity contribution in [3.63, 3.8) is 0 Å². The van der Waals surface area contributed by atoms with Crippen LogP contribution in [0.2, 0.25) is 0 Å². The van der Waals surface area contributed by atoms with Crippen LogP contribution in [-0.2, 0) is 7.05 Å². The summed E-state index contributed by atoms with van der Waals surface area (Å²) in [6.45, 7) is 1.92. The molecule has 0 fully saturated rings. The standard InChI is InChI=1S/C8H8BrN5S/c1-5-6(9)3-10-7(12-5)15-8-13-11-4-14(8)2/h3-4H,1-2H3. The van der Waals surface area contributed by atoms with Gasteiger partial charge in [0.1, 0.15) is 6.33 Å². The third-order valence-electron chi connectivity index (χ3n) is 1.75. The van der Waals surface area contributed by atoms with E-state index in [0.717, 1.165) is 15.3 Å². The molecule has 0 atom stereocenters. The van der Waals surface area contributed by atoms with Crippen molar-refractivity contribution in [2.24, 2.45) is 7.05 Å². The zero-order valence-electron chi connectivity index (χ0n) is 8.18. The first-order valence-corrected chi connectivity index (χ1v) is 5.79. The van der Waals surface area contributed by atoms with Crippen molar-refractivity contribution < 1.29 is 0 Å². The van der Waals surface area contributed by atoms with Gasteiger partial charge in [-0.05, 0) is 34.6 Å². The Morgan fingerprint density at radius 2 is 2.27 bits per heavy atom. The zero-order valence-corrected chi connectivity index (χ0v) is 10.6. The lowest BCUT2D eigenvalue weighted by atomic mass is 10.5. The number of aryl methyl sites for hydroxylation is 2. The van der Waals surface area contributed by atoms with Gasteiger partial charge in [0, 0.05) is 13.2 Å². The van der Waals surface area contributed by atoms with Gasteiger partial charge in [0.05, 0.1) is 10.2 Å². The first kappa shape index (κ1) is 10.6. The van der Waals surface area contributed by atoms with Crippen LogP contribution < -0.4 is 0 Å². The molecule has 7 heteroatoms. The van der Waals surface area contributed by atoms with Crippen LogP contribution in [-0.4, -0.2) is 24.7 Å². The monoisotopic (exact) mass is 285 g/mol. The molecule has 2 heterocycles. The summed E-state index contributed by atoms with van der Waals surface area (Å²) in [5.74, 6) is 0. The van der Waals surface area contributed by atoms with Crippen LogP contribution >= 0.6 is 27.7 Å². The van der Waals surface area contributed by atoms with Gasteiger partial charge in [0.2, 0.25) is 0 Å². The van der Waals surface area contributed by atoms with E-state index in [4.69, 9.17) is 0 Å². The second-order valence-corrected chi connectivity index (χ2v) is 4.70. The number of halogens is 1. The van der Waals surface area contributed by atoms with Crippen molar-refractivity contribution >= 4 is 27.7 Å². The van der Waals surface area contributed by atoms with Gasteiger partial charge in [-0.3, -0.25) is 0 Å². The van der Waals surface area contributed by atoms with Crippen LogP contribution in [0.1, 0.15) is 5.69 Å². The number of aromatic nitrogens is 5. The van der Waals surface area contributed by atoms with Gasteiger partial charge in [0.15, 0.2) is 10.3 Å². The molecule has 78 valence electrons. The Bertz CT molecular complexity index is 484. The van der Waals surface area contributed by atoms with E-state index in [1.165, 1.54) is 11.8 Å².